The van der Waals surface area contributed by atoms with Crippen LogP contribution in [0.3, 0.4) is 0 Å². The molecule has 0 radical (unpaired) electrons. The molecule has 1 aromatic carbocycles. The van der Waals surface area contributed by atoms with E-state index in [1.54, 1.807) is 0 Å². The van der Waals surface area contributed by atoms with E-state index in [1.165, 1.54) is 44.1 Å². The van der Waals surface area contributed by atoms with Crippen molar-refractivity contribution in [3.05, 3.63) is 29.8 Å². The molecule has 2 rings (SSSR count). The van der Waals surface area contributed by atoms with E-state index in [9.17, 15) is 0 Å². The van der Waals surface area contributed by atoms with Gasteiger partial charge in [-0.2, -0.15) is 0 Å². The zero-order chi connectivity index (χ0) is 13.3. The summed E-state index contributed by atoms with van der Waals surface area (Å²) in [6.45, 7) is 4.03. The Labute approximate surface area is 117 Å². The summed E-state index contributed by atoms with van der Waals surface area (Å²) in [6, 6.07) is 9.25. The third-order valence-corrected chi connectivity index (χ3v) is 3.87. The Morgan fingerprint density at radius 2 is 2.05 bits per heavy atom. The van der Waals surface area contributed by atoms with Gasteiger partial charge in [0.1, 0.15) is 5.75 Å². The minimum Gasteiger partial charge on any atom is -0.494 e. The standard InChI is InChI=1S/C17H27NO/c1-2-3-6-12-19-17-11-7-8-15(13-17)14-18-16-9-4-5-10-16/h7-8,11,13,16,18H,2-6,9-10,12,14H2,1H3. The van der Waals surface area contributed by atoms with Crippen molar-refractivity contribution in [2.24, 2.45) is 0 Å². The zero-order valence-electron chi connectivity index (χ0n) is 12.2. The maximum Gasteiger partial charge on any atom is 0.119 e. The predicted octanol–water partition coefficient (Wildman–Crippen LogP) is 4.29. The van der Waals surface area contributed by atoms with Crippen LogP contribution in [0.5, 0.6) is 5.75 Å². The Balaban J connectivity index is 1.74. The van der Waals surface area contributed by atoms with Crippen molar-refractivity contribution in [1.82, 2.24) is 5.32 Å². The molecular formula is C17H27NO. The summed E-state index contributed by atoms with van der Waals surface area (Å²) in [5, 5.41) is 3.65. The van der Waals surface area contributed by atoms with Gasteiger partial charge in [0.15, 0.2) is 0 Å². The third kappa shape index (κ3) is 5.23. The fourth-order valence-electron chi connectivity index (χ4n) is 2.68. The molecule has 1 fully saturated rings. The molecule has 0 atom stereocenters. The average molecular weight is 261 g/mol. The summed E-state index contributed by atoms with van der Waals surface area (Å²) in [4.78, 5) is 0. The van der Waals surface area contributed by atoms with Crippen LogP contribution in [0.1, 0.15) is 57.4 Å². The van der Waals surface area contributed by atoms with Crippen LogP contribution in [-0.2, 0) is 6.54 Å². The van der Waals surface area contributed by atoms with Gasteiger partial charge in [0, 0.05) is 12.6 Å². The second-order valence-electron chi connectivity index (χ2n) is 5.57. The SMILES string of the molecule is CCCCCOc1cccc(CNC2CCCC2)c1. The lowest BCUT2D eigenvalue weighted by molar-refractivity contribution is 0.306. The Kier molecular flexibility index (Phi) is 6.22. The van der Waals surface area contributed by atoms with Gasteiger partial charge < -0.3 is 10.1 Å². The fourth-order valence-corrected chi connectivity index (χ4v) is 2.68. The molecule has 2 nitrogen and oxygen atoms in total. The number of benzene rings is 1. The highest BCUT2D eigenvalue weighted by Crippen LogP contribution is 2.19. The Morgan fingerprint density at radius 1 is 1.21 bits per heavy atom. The third-order valence-electron chi connectivity index (χ3n) is 3.87. The maximum absolute atomic E-state index is 5.79. The molecule has 1 aromatic rings. The van der Waals surface area contributed by atoms with Gasteiger partial charge in [0.25, 0.3) is 0 Å². The van der Waals surface area contributed by atoms with Crippen molar-refractivity contribution in [2.45, 2.75) is 64.5 Å². The first-order chi connectivity index (χ1) is 9.38. The van der Waals surface area contributed by atoms with Crippen molar-refractivity contribution >= 4 is 0 Å². The van der Waals surface area contributed by atoms with Crippen LogP contribution in [0.4, 0.5) is 0 Å². The highest BCUT2D eigenvalue weighted by molar-refractivity contribution is 5.28. The molecule has 0 bridgehead atoms. The number of hydrogen-bond donors (Lipinski definition) is 1. The lowest BCUT2D eigenvalue weighted by Crippen LogP contribution is -2.25. The molecule has 2 heteroatoms. The van der Waals surface area contributed by atoms with Crippen LogP contribution in [0.2, 0.25) is 0 Å². The van der Waals surface area contributed by atoms with Crippen LogP contribution in [0, 0.1) is 0 Å². The van der Waals surface area contributed by atoms with E-state index in [0.29, 0.717) is 0 Å². The normalized spacial score (nSPS) is 15.8. The van der Waals surface area contributed by atoms with Crippen LogP contribution in [0.25, 0.3) is 0 Å². The first-order valence-corrected chi connectivity index (χ1v) is 7.83. The number of rotatable bonds is 8. The molecule has 106 valence electrons. The summed E-state index contributed by atoms with van der Waals surface area (Å²) < 4.78 is 5.79. The summed E-state index contributed by atoms with van der Waals surface area (Å²) in [5.74, 6) is 1.02. The van der Waals surface area contributed by atoms with E-state index in [2.05, 4.69) is 36.5 Å². The van der Waals surface area contributed by atoms with Gasteiger partial charge in [-0.1, -0.05) is 44.7 Å². The van der Waals surface area contributed by atoms with Crippen LogP contribution >= 0.6 is 0 Å². The molecule has 0 aliphatic heterocycles. The molecular weight excluding hydrogens is 234 g/mol. The summed E-state index contributed by atoms with van der Waals surface area (Å²) in [6.07, 6.45) is 9.11. The quantitative estimate of drug-likeness (QED) is 0.705. The number of ether oxygens (including phenoxy) is 1. The molecule has 19 heavy (non-hydrogen) atoms. The second kappa shape index (κ2) is 8.21. The number of hydrogen-bond acceptors (Lipinski definition) is 2. The Hall–Kier alpha value is -1.02. The molecule has 0 amide bonds. The van der Waals surface area contributed by atoms with Crippen molar-refractivity contribution in [2.75, 3.05) is 6.61 Å². The van der Waals surface area contributed by atoms with Gasteiger partial charge in [0.2, 0.25) is 0 Å². The van der Waals surface area contributed by atoms with Gasteiger partial charge >= 0.3 is 0 Å². The largest absolute Gasteiger partial charge is 0.494 e. The van der Waals surface area contributed by atoms with Crippen molar-refractivity contribution in [3.63, 3.8) is 0 Å². The lowest BCUT2D eigenvalue weighted by Gasteiger charge is -2.12. The minimum absolute atomic E-state index is 0.731. The molecule has 0 aromatic heterocycles. The van der Waals surface area contributed by atoms with Gasteiger partial charge in [-0.3, -0.25) is 0 Å². The van der Waals surface area contributed by atoms with E-state index in [-0.39, 0.29) is 0 Å². The molecule has 1 aliphatic rings. The average Bonchev–Trinajstić information content (AvgIpc) is 2.95. The second-order valence-corrected chi connectivity index (χ2v) is 5.57. The Morgan fingerprint density at radius 3 is 2.84 bits per heavy atom. The summed E-state index contributed by atoms with van der Waals surface area (Å²) in [7, 11) is 0. The zero-order valence-corrected chi connectivity index (χ0v) is 12.2. The smallest absolute Gasteiger partial charge is 0.119 e. The van der Waals surface area contributed by atoms with Crippen molar-refractivity contribution < 1.29 is 4.74 Å². The molecule has 0 saturated heterocycles. The summed E-state index contributed by atoms with van der Waals surface area (Å²) in [5.41, 5.74) is 1.33. The minimum atomic E-state index is 0.731. The molecule has 1 aliphatic carbocycles. The van der Waals surface area contributed by atoms with Gasteiger partial charge in [0.05, 0.1) is 6.61 Å². The molecule has 0 unspecified atom stereocenters. The van der Waals surface area contributed by atoms with E-state index >= 15 is 0 Å². The van der Waals surface area contributed by atoms with E-state index in [4.69, 9.17) is 4.74 Å². The first kappa shape index (κ1) is 14.4. The number of unbranched alkanes of at least 4 members (excludes halogenated alkanes) is 2. The van der Waals surface area contributed by atoms with Crippen LogP contribution < -0.4 is 10.1 Å². The Bertz CT molecular complexity index is 358. The predicted molar refractivity (Wildman–Crippen MR) is 80.6 cm³/mol. The van der Waals surface area contributed by atoms with Gasteiger partial charge in [-0.25, -0.2) is 0 Å². The molecule has 1 saturated carbocycles. The van der Waals surface area contributed by atoms with E-state index in [0.717, 1.165) is 31.4 Å². The number of nitrogens with one attached hydrogen (secondary N) is 1. The fraction of sp³-hybridized carbons (Fsp3) is 0.647. The summed E-state index contributed by atoms with van der Waals surface area (Å²) >= 11 is 0. The maximum atomic E-state index is 5.79. The lowest BCUT2D eigenvalue weighted by atomic mass is 10.2. The molecule has 0 heterocycles. The van der Waals surface area contributed by atoms with Crippen LogP contribution in [0.15, 0.2) is 24.3 Å². The highest BCUT2D eigenvalue weighted by Gasteiger charge is 2.13. The van der Waals surface area contributed by atoms with Gasteiger partial charge in [-0.05, 0) is 37.0 Å². The monoisotopic (exact) mass is 261 g/mol. The first-order valence-electron chi connectivity index (χ1n) is 7.83. The van der Waals surface area contributed by atoms with Gasteiger partial charge in [-0.15, -0.1) is 0 Å². The highest BCUT2D eigenvalue weighted by atomic mass is 16.5. The molecule has 0 spiro atoms. The molecule has 1 N–H and O–H groups in total. The van der Waals surface area contributed by atoms with Crippen LogP contribution in [-0.4, -0.2) is 12.6 Å². The van der Waals surface area contributed by atoms with E-state index < -0.39 is 0 Å². The van der Waals surface area contributed by atoms with Crippen molar-refractivity contribution in [1.29, 1.82) is 0 Å². The van der Waals surface area contributed by atoms with E-state index in [1.807, 2.05) is 0 Å². The topological polar surface area (TPSA) is 21.3 Å². The van der Waals surface area contributed by atoms with Crippen molar-refractivity contribution in [3.8, 4) is 5.75 Å².